The van der Waals surface area contributed by atoms with Crippen LogP contribution in [0.4, 0.5) is 17.1 Å². The van der Waals surface area contributed by atoms with E-state index in [9.17, 15) is 20.2 Å². The van der Waals surface area contributed by atoms with Crippen LogP contribution in [0.1, 0.15) is 19.8 Å². The minimum Gasteiger partial charge on any atom is -0.366 e. The third-order valence-corrected chi connectivity index (χ3v) is 3.99. The minimum absolute atomic E-state index is 0.110. The zero-order valence-electron chi connectivity index (χ0n) is 11.8. The fourth-order valence-electron chi connectivity index (χ4n) is 2.71. The topological polar surface area (TPSA) is 116 Å². The van der Waals surface area contributed by atoms with Crippen LogP contribution in [-0.4, -0.2) is 29.0 Å². The molecule has 1 aliphatic heterocycles. The smallest absolute Gasteiger partial charge is 0.299 e. The van der Waals surface area contributed by atoms with Gasteiger partial charge in [0.05, 0.1) is 15.9 Å². The van der Waals surface area contributed by atoms with E-state index in [4.69, 9.17) is 5.73 Å². The van der Waals surface area contributed by atoms with Crippen LogP contribution in [0.25, 0.3) is 0 Å². The molecule has 1 aliphatic rings. The Morgan fingerprint density at radius 3 is 2.33 bits per heavy atom. The summed E-state index contributed by atoms with van der Waals surface area (Å²) in [4.78, 5) is 22.6. The number of nitrogens with two attached hydrogens (primary N) is 1. The van der Waals surface area contributed by atoms with E-state index in [1.165, 1.54) is 12.1 Å². The van der Waals surface area contributed by atoms with Crippen LogP contribution in [0.3, 0.4) is 0 Å². The van der Waals surface area contributed by atoms with Crippen molar-refractivity contribution in [3.63, 3.8) is 0 Å². The van der Waals surface area contributed by atoms with Gasteiger partial charge in [-0.15, -0.1) is 0 Å². The van der Waals surface area contributed by atoms with Gasteiger partial charge in [-0.05, 0) is 31.7 Å². The molecule has 1 unspecified atom stereocenters. The monoisotopic (exact) mass is 294 g/mol. The van der Waals surface area contributed by atoms with Gasteiger partial charge in [-0.2, -0.15) is 0 Å². The van der Waals surface area contributed by atoms with Gasteiger partial charge in [0.1, 0.15) is 5.69 Å². The second kappa shape index (κ2) is 6.04. The van der Waals surface area contributed by atoms with E-state index in [0.29, 0.717) is 24.7 Å². The molecule has 1 atom stereocenters. The van der Waals surface area contributed by atoms with Gasteiger partial charge in [0.2, 0.25) is 0 Å². The van der Waals surface area contributed by atoms with E-state index in [2.05, 4.69) is 0 Å². The molecule has 0 aliphatic carbocycles. The second-order valence-corrected chi connectivity index (χ2v) is 5.37. The van der Waals surface area contributed by atoms with Gasteiger partial charge in [0.15, 0.2) is 0 Å². The predicted molar refractivity (Wildman–Crippen MR) is 78.3 cm³/mol. The van der Waals surface area contributed by atoms with Crippen molar-refractivity contribution in [1.82, 2.24) is 0 Å². The van der Waals surface area contributed by atoms with Gasteiger partial charge in [-0.25, -0.2) is 0 Å². The number of benzene rings is 1. The summed E-state index contributed by atoms with van der Waals surface area (Å²) in [7, 11) is 0. The maximum atomic E-state index is 11.1. The molecule has 1 aromatic rings. The number of nitro groups is 2. The molecule has 1 aromatic carbocycles. The molecule has 2 N–H and O–H groups in total. The van der Waals surface area contributed by atoms with E-state index in [0.717, 1.165) is 18.9 Å². The second-order valence-electron chi connectivity index (χ2n) is 5.37. The summed E-state index contributed by atoms with van der Waals surface area (Å²) in [5, 5.41) is 21.9. The first kappa shape index (κ1) is 15.2. The molecule has 0 radical (unpaired) electrons. The third-order valence-electron chi connectivity index (χ3n) is 3.99. The highest BCUT2D eigenvalue weighted by Crippen LogP contribution is 2.34. The summed E-state index contributed by atoms with van der Waals surface area (Å²) >= 11 is 0. The van der Waals surface area contributed by atoms with Crippen LogP contribution in [0, 0.1) is 26.1 Å². The Bertz CT molecular complexity index is 553. The van der Waals surface area contributed by atoms with E-state index in [-0.39, 0.29) is 17.4 Å². The SMILES string of the molecule is CC(N)C1CCN(c2ccc([N+](=O)[O-])cc2[N+](=O)[O-])CC1. The van der Waals surface area contributed by atoms with Crippen molar-refractivity contribution in [2.24, 2.45) is 11.7 Å². The van der Waals surface area contributed by atoms with Crippen molar-refractivity contribution in [1.29, 1.82) is 0 Å². The molecule has 114 valence electrons. The third kappa shape index (κ3) is 3.27. The van der Waals surface area contributed by atoms with Crippen LogP contribution >= 0.6 is 0 Å². The lowest BCUT2D eigenvalue weighted by molar-refractivity contribution is -0.393. The quantitative estimate of drug-likeness (QED) is 0.671. The van der Waals surface area contributed by atoms with Gasteiger partial charge >= 0.3 is 0 Å². The molecule has 2 rings (SSSR count). The first-order valence-corrected chi connectivity index (χ1v) is 6.83. The van der Waals surface area contributed by atoms with Crippen molar-refractivity contribution in [2.45, 2.75) is 25.8 Å². The number of nitro benzene ring substituents is 2. The molecule has 8 heteroatoms. The fraction of sp³-hybridized carbons (Fsp3) is 0.538. The molecular weight excluding hydrogens is 276 g/mol. The number of hydrogen-bond acceptors (Lipinski definition) is 6. The van der Waals surface area contributed by atoms with Gasteiger partial charge < -0.3 is 10.6 Å². The summed E-state index contributed by atoms with van der Waals surface area (Å²) in [6, 6.07) is 3.90. The Kier molecular flexibility index (Phi) is 4.37. The zero-order chi connectivity index (χ0) is 15.6. The van der Waals surface area contributed by atoms with Gasteiger partial charge in [0.25, 0.3) is 11.4 Å². The molecule has 1 heterocycles. The highest BCUT2D eigenvalue weighted by molar-refractivity contribution is 5.67. The Hall–Kier alpha value is -2.22. The standard InChI is InChI=1S/C13H18N4O4/c1-9(14)10-4-6-15(7-5-10)12-3-2-11(16(18)19)8-13(12)17(20)21/h2-3,8-10H,4-7,14H2,1H3. The lowest BCUT2D eigenvalue weighted by Gasteiger charge is -2.34. The molecule has 21 heavy (non-hydrogen) atoms. The lowest BCUT2D eigenvalue weighted by Crippen LogP contribution is -2.39. The molecule has 0 amide bonds. The highest BCUT2D eigenvalue weighted by Gasteiger charge is 2.27. The van der Waals surface area contributed by atoms with Gasteiger partial charge in [-0.3, -0.25) is 20.2 Å². The van der Waals surface area contributed by atoms with Gasteiger partial charge in [-0.1, -0.05) is 0 Å². The number of non-ortho nitro benzene ring substituents is 1. The Morgan fingerprint density at radius 2 is 1.86 bits per heavy atom. The fourth-order valence-corrected chi connectivity index (χ4v) is 2.71. The summed E-state index contributed by atoms with van der Waals surface area (Å²) in [6.07, 6.45) is 1.73. The van der Waals surface area contributed by atoms with Crippen molar-refractivity contribution in [3.8, 4) is 0 Å². The molecular formula is C13H18N4O4. The largest absolute Gasteiger partial charge is 0.366 e. The van der Waals surface area contributed by atoms with Crippen molar-refractivity contribution >= 4 is 17.1 Å². The number of rotatable bonds is 4. The van der Waals surface area contributed by atoms with E-state index in [1.807, 2.05) is 11.8 Å². The van der Waals surface area contributed by atoms with E-state index >= 15 is 0 Å². The Balaban J connectivity index is 2.24. The number of hydrogen-bond donors (Lipinski definition) is 1. The molecule has 1 fully saturated rings. The Labute approximate surface area is 121 Å². The number of piperidine rings is 1. The van der Waals surface area contributed by atoms with E-state index < -0.39 is 9.85 Å². The Morgan fingerprint density at radius 1 is 1.24 bits per heavy atom. The summed E-state index contributed by atoms with van der Waals surface area (Å²) in [6.45, 7) is 3.31. The maximum Gasteiger partial charge on any atom is 0.299 e. The number of nitrogens with zero attached hydrogens (tertiary/aromatic N) is 3. The molecule has 0 aromatic heterocycles. The molecule has 0 bridgehead atoms. The van der Waals surface area contributed by atoms with Crippen LogP contribution in [0.5, 0.6) is 0 Å². The summed E-state index contributed by atoms with van der Waals surface area (Å²) in [5.41, 5.74) is 5.83. The molecule has 0 saturated carbocycles. The maximum absolute atomic E-state index is 11.1. The van der Waals surface area contributed by atoms with Crippen LogP contribution in [0.2, 0.25) is 0 Å². The molecule has 8 nitrogen and oxygen atoms in total. The predicted octanol–water partition coefficient (Wildman–Crippen LogP) is 2.07. The summed E-state index contributed by atoms with van der Waals surface area (Å²) in [5.74, 6) is 0.415. The van der Waals surface area contributed by atoms with Crippen LogP contribution in [-0.2, 0) is 0 Å². The van der Waals surface area contributed by atoms with Crippen LogP contribution < -0.4 is 10.6 Å². The first-order chi connectivity index (χ1) is 9.90. The summed E-state index contributed by atoms with van der Waals surface area (Å²) < 4.78 is 0. The molecule has 1 saturated heterocycles. The minimum atomic E-state index is -0.626. The van der Waals surface area contributed by atoms with Crippen LogP contribution in [0.15, 0.2) is 18.2 Å². The average molecular weight is 294 g/mol. The highest BCUT2D eigenvalue weighted by atomic mass is 16.6. The zero-order valence-corrected chi connectivity index (χ0v) is 11.8. The van der Waals surface area contributed by atoms with Gasteiger partial charge in [0, 0.05) is 25.2 Å². The van der Waals surface area contributed by atoms with Crippen molar-refractivity contribution in [2.75, 3.05) is 18.0 Å². The average Bonchev–Trinajstić information content (AvgIpc) is 2.46. The lowest BCUT2D eigenvalue weighted by atomic mass is 9.90. The van der Waals surface area contributed by atoms with Crippen molar-refractivity contribution < 1.29 is 9.85 Å². The number of anilines is 1. The van der Waals surface area contributed by atoms with Crippen molar-refractivity contribution in [3.05, 3.63) is 38.4 Å². The molecule has 0 spiro atoms. The normalized spacial score (nSPS) is 17.5. The van der Waals surface area contributed by atoms with E-state index in [1.54, 1.807) is 0 Å². The first-order valence-electron chi connectivity index (χ1n) is 6.83.